The molecular formula is C22H34N2O2. The molecule has 144 valence electrons. The van der Waals surface area contributed by atoms with E-state index in [0.717, 1.165) is 43.9 Å². The molecule has 1 spiro atoms. The van der Waals surface area contributed by atoms with Crippen molar-refractivity contribution in [2.24, 2.45) is 11.3 Å². The molecule has 2 heterocycles. The Bertz CT molecular complexity index is 616. The van der Waals surface area contributed by atoms with Gasteiger partial charge < -0.3 is 15.0 Å². The number of likely N-dealkylation sites (tertiary alicyclic amines) is 1. The Hall–Kier alpha value is -1.55. The molecule has 1 amide bonds. The Labute approximate surface area is 158 Å². The van der Waals surface area contributed by atoms with Gasteiger partial charge in [-0.1, -0.05) is 26.0 Å². The smallest absolute Gasteiger partial charge is 0.232 e. The Morgan fingerprint density at radius 1 is 1.27 bits per heavy atom. The Morgan fingerprint density at radius 2 is 2.00 bits per heavy atom. The number of carbonyl (C=O) groups is 1. The summed E-state index contributed by atoms with van der Waals surface area (Å²) in [5, 5.41) is 3.49. The van der Waals surface area contributed by atoms with Gasteiger partial charge in [-0.3, -0.25) is 4.79 Å². The van der Waals surface area contributed by atoms with Crippen LogP contribution in [0.5, 0.6) is 5.75 Å². The molecule has 1 N–H and O–H groups in total. The van der Waals surface area contributed by atoms with Crippen molar-refractivity contribution in [2.45, 2.75) is 52.4 Å². The Morgan fingerprint density at radius 3 is 2.62 bits per heavy atom. The van der Waals surface area contributed by atoms with E-state index in [0.29, 0.717) is 17.9 Å². The average Bonchev–Trinajstić information content (AvgIpc) is 3.07. The van der Waals surface area contributed by atoms with Crippen LogP contribution in [-0.2, 0) is 10.2 Å². The molecule has 4 nitrogen and oxygen atoms in total. The van der Waals surface area contributed by atoms with Crippen LogP contribution >= 0.6 is 0 Å². The molecule has 1 unspecified atom stereocenters. The molecule has 1 atom stereocenters. The van der Waals surface area contributed by atoms with Crippen LogP contribution in [0.2, 0.25) is 0 Å². The van der Waals surface area contributed by atoms with E-state index in [1.807, 2.05) is 38.1 Å². The third-order valence-electron chi connectivity index (χ3n) is 5.97. The van der Waals surface area contributed by atoms with Gasteiger partial charge in [-0.15, -0.1) is 0 Å². The molecule has 2 aliphatic heterocycles. The number of nitrogens with one attached hydrogen (secondary N) is 1. The number of amides is 1. The number of nitrogens with zero attached hydrogens (tertiary/aromatic N) is 1. The maximum Gasteiger partial charge on any atom is 0.232 e. The molecule has 0 aliphatic carbocycles. The van der Waals surface area contributed by atoms with Crippen LogP contribution < -0.4 is 10.1 Å². The van der Waals surface area contributed by atoms with Gasteiger partial charge in [-0.2, -0.15) is 0 Å². The van der Waals surface area contributed by atoms with Gasteiger partial charge in [-0.25, -0.2) is 0 Å². The van der Waals surface area contributed by atoms with E-state index in [1.54, 1.807) is 0 Å². The van der Waals surface area contributed by atoms with E-state index in [1.165, 1.54) is 12.8 Å². The fraction of sp³-hybridized carbons (Fsp3) is 0.682. The lowest BCUT2D eigenvalue weighted by molar-refractivity contribution is -0.139. The molecule has 2 saturated heterocycles. The largest absolute Gasteiger partial charge is 0.493 e. The monoisotopic (exact) mass is 358 g/mol. The summed E-state index contributed by atoms with van der Waals surface area (Å²) in [6.45, 7) is 13.0. The molecule has 4 heteroatoms. The van der Waals surface area contributed by atoms with Gasteiger partial charge in [0.05, 0.1) is 12.0 Å². The van der Waals surface area contributed by atoms with E-state index in [4.69, 9.17) is 4.74 Å². The van der Waals surface area contributed by atoms with E-state index in [-0.39, 0.29) is 5.91 Å². The zero-order chi connectivity index (χ0) is 18.8. The SMILES string of the molecule is CC(C)COc1ccc(C(C)(C)C(=O)N2CCCC3(CCNC3)C2)cc1. The van der Waals surface area contributed by atoms with Crippen LogP contribution in [0.15, 0.2) is 24.3 Å². The molecule has 1 aromatic rings. The van der Waals surface area contributed by atoms with Crippen molar-refractivity contribution < 1.29 is 9.53 Å². The first kappa shape index (κ1) is 19.2. The van der Waals surface area contributed by atoms with E-state index >= 15 is 0 Å². The van der Waals surface area contributed by atoms with Crippen LogP contribution in [0.3, 0.4) is 0 Å². The van der Waals surface area contributed by atoms with Crippen molar-refractivity contribution in [3.05, 3.63) is 29.8 Å². The zero-order valence-electron chi connectivity index (χ0n) is 16.8. The summed E-state index contributed by atoms with van der Waals surface area (Å²) in [5.74, 6) is 1.63. The quantitative estimate of drug-likeness (QED) is 0.874. The van der Waals surface area contributed by atoms with Crippen molar-refractivity contribution in [3.8, 4) is 5.75 Å². The minimum atomic E-state index is -0.513. The highest BCUT2D eigenvalue weighted by molar-refractivity contribution is 5.87. The van der Waals surface area contributed by atoms with Crippen LogP contribution in [0.4, 0.5) is 0 Å². The topological polar surface area (TPSA) is 41.6 Å². The summed E-state index contributed by atoms with van der Waals surface area (Å²) in [6, 6.07) is 8.07. The van der Waals surface area contributed by atoms with Gasteiger partial charge >= 0.3 is 0 Å². The summed E-state index contributed by atoms with van der Waals surface area (Å²) in [6.07, 6.45) is 3.55. The highest BCUT2D eigenvalue weighted by Crippen LogP contribution is 2.37. The van der Waals surface area contributed by atoms with Crippen LogP contribution in [0.25, 0.3) is 0 Å². The van der Waals surface area contributed by atoms with Crippen molar-refractivity contribution in [2.75, 3.05) is 32.8 Å². The first-order chi connectivity index (χ1) is 12.3. The van der Waals surface area contributed by atoms with Crippen LogP contribution in [-0.4, -0.2) is 43.6 Å². The number of ether oxygens (including phenoxy) is 1. The minimum Gasteiger partial charge on any atom is -0.493 e. The van der Waals surface area contributed by atoms with E-state index in [9.17, 15) is 4.79 Å². The van der Waals surface area contributed by atoms with Gasteiger partial charge in [0.15, 0.2) is 0 Å². The van der Waals surface area contributed by atoms with Gasteiger partial charge in [0.1, 0.15) is 5.75 Å². The van der Waals surface area contributed by atoms with Gasteiger partial charge in [0, 0.05) is 25.0 Å². The molecule has 1 aromatic carbocycles. The molecule has 2 aliphatic rings. The predicted octanol–water partition coefficient (Wildman–Crippen LogP) is 3.60. The fourth-order valence-electron chi connectivity index (χ4n) is 4.27. The fourth-order valence-corrected chi connectivity index (χ4v) is 4.27. The second-order valence-corrected chi connectivity index (χ2v) is 9.11. The number of hydrogen-bond acceptors (Lipinski definition) is 3. The maximum atomic E-state index is 13.3. The molecule has 2 fully saturated rings. The van der Waals surface area contributed by atoms with Crippen molar-refractivity contribution >= 4 is 5.91 Å². The lowest BCUT2D eigenvalue weighted by Gasteiger charge is -2.43. The van der Waals surface area contributed by atoms with Crippen LogP contribution in [0, 0.1) is 11.3 Å². The standard InChI is InChI=1S/C22H34N2O2/c1-17(2)14-26-19-8-6-18(7-9-19)21(3,4)20(25)24-13-5-10-22(16-24)11-12-23-15-22/h6-9,17,23H,5,10-16H2,1-4H3. The van der Waals surface area contributed by atoms with E-state index < -0.39 is 5.41 Å². The van der Waals surface area contributed by atoms with Gasteiger partial charge in [0.25, 0.3) is 0 Å². The summed E-state index contributed by atoms with van der Waals surface area (Å²) in [7, 11) is 0. The zero-order valence-corrected chi connectivity index (χ0v) is 16.8. The lowest BCUT2D eigenvalue weighted by Crippen LogP contribution is -2.52. The summed E-state index contributed by atoms with van der Waals surface area (Å²) >= 11 is 0. The predicted molar refractivity (Wildman–Crippen MR) is 106 cm³/mol. The summed E-state index contributed by atoms with van der Waals surface area (Å²) in [5.41, 5.74) is 0.850. The number of benzene rings is 1. The Kier molecular flexibility index (Phi) is 5.61. The highest BCUT2D eigenvalue weighted by atomic mass is 16.5. The number of carbonyl (C=O) groups excluding carboxylic acids is 1. The van der Waals surface area contributed by atoms with Gasteiger partial charge in [0.2, 0.25) is 5.91 Å². The average molecular weight is 359 g/mol. The second-order valence-electron chi connectivity index (χ2n) is 9.11. The molecule has 26 heavy (non-hydrogen) atoms. The third kappa shape index (κ3) is 4.06. The number of piperidine rings is 1. The molecular weight excluding hydrogens is 324 g/mol. The van der Waals surface area contributed by atoms with Crippen LogP contribution in [0.1, 0.15) is 52.5 Å². The highest BCUT2D eigenvalue weighted by Gasteiger charge is 2.42. The molecule has 0 aromatic heterocycles. The minimum absolute atomic E-state index is 0.249. The third-order valence-corrected chi connectivity index (χ3v) is 5.97. The number of hydrogen-bond donors (Lipinski definition) is 1. The molecule has 0 radical (unpaired) electrons. The van der Waals surface area contributed by atoms with Crippen molar-refractivity contribution in [1.82, 2.24) is 10.2 Å². The molecule has 0 bridgehead atoms. The van der Waals surface area contributed by atoms with Crippen molar-refractivity contribution in [3.63, 3.8) is 0 Å². The molecule has 0 saturated carbocycles. The van der Waals surface area contributed by atoms with Crippen molar-refractivity contribution in [1.29, 1.82) is 0 Å². The second kappa shape index (κ2) is 7.59. The Balaban J connectivity index is 1.69. The normalized spacial score (nSPS) is 23.7. The maximum absolute atomic E-state index is 13.3. The molecule has 3 rings (SSSR count). The van der Waals surface area contributed by atoms with Gasteiger partial charge in [-0.05, 0) is 63.3 Å². The first-order valence-electron chi connectivity index (χ1n) is 10.1. The lowest BCUT2D eigenvalue weighted by atomic mass is 9.77. The van der Waals surface area contributed by atoms with E-state index in [2.05, 4.69) is 24.1 Å². The summed E-state index contributed by atoms with van der Waals surface area (Å²) in [4.78, 5) is 15.4. The first-order valence-corrected chi connectivity index (χ1v) is 10.1. The summed E-state index contributed by atoms with van der Waals surface area (Å²) < 4.78 is 5.77. The number of rotatable bonds is 5.